The molecule has 108 valence electrons. The third-order valence-electron chi connectivity index (χ3n) is 3.99. The summed E-state index contributed by atoms with van der Waals surface area (Å²) in [6.07, 6.45) is 3.37. The highest BCUT2D eigenvalue weighted by Crippen LogP contribution is 2.20. The highest BCUT2D eigenvalue weighted by atomic mass is 16.5. The van der Waals surface area contributed by atoms with Gasteiger partial charge in [-0.1, -0.05) is 6.92 Å². The second kappa shape index (κ2) is 6.23. The lowest BCUT2D eigenvalue weighted by Crippen LogP contribution is -2.42. The molecule has 0 spiro atoms. The van der Waals surface area contributed by atoms with Crippen LogP contribution >= 0.6 is 0 Å². The van der Waals surface area contributed by atoms with E-state index in [0.717, 1.165) is 25.4 Å². The molecule has 2 aliphatic heterocycles. The maximum Gasteiger partial charge on any atom is 0.246 e. The van der Waals surface area contributed by atoms with Crippen molar-refractivity contribution in [2.45, 2.75) is 44.8 Å². The topological polar surface area (TPSA) is 93.9 Å². The Labute approximate surface area is 114 Å². The van der Waals surface area contributed by atoms with Gasteiger partial charge >= 0.3 is 0 Å². The summed E-state index contributed by atoms with van der Waals surface area (Å²) < 4.78 is 5.52. The molecule has 2 heterocycles. The maximum atomic E-state index is 11.0. The van der Waals surface area contributed by atoms with Crippen LogP contribution in [0.4, 0.5) is 0 Å². The van der Waals surface area contributed by atoms with Crippen molar-refractivity contribution < 1.29 is 9.53 Å². The zero-order chi connectivity index (χ0) is 13.8. The number of hydrogen-bond acceptors (Lipinski definition) is 3. The fourth-order valence-corrected chi connectivity index (χ4v) is 2.58. The van der Waals surface area contributed by atoms with E-state index in [9.17, 15) is 4.79 Å². The van der Waals surface area contributed by atoms with E-state index >= 15 is 0 Å². The van der Waals surface area contributed by atoms with E-state index in [4.69, 9.17) is 16.2 Å². The molecule has 0 aromatic heterocycles. The molecule has 6 nitrogen and oxygen atoms in total. The smallest absolute Gasteiger partial charge is 0.246 e. The largest absolute Gasteiger partial charge is 0.370 e. The maximum absolute atomic E-state index is 11.0. The van der Waals surface area contributed by atoms with Gasteiger partial charge in [-0.2, -0.15) is 0 Å². The van der Waals surface area contributed by atoms with Gasteiger partial charge in [-0.05, 0) is 31.6 Å². The third-order valence-corrected chi connectivity index (χ3v) is 3.99. The van der Waals surface area contributed by atoms with Gasteiger partial charge in [-0.15, -0.1) is 0 Å². The van der Waals surface area contributed by atoms with Crippen LogP contribution in [0.5, 0.6) is 0 Å². The quantitative estimate of drug-likeness (QED) is 0.559. The number of primary amides is 1. The first kappa shape index (κ1) is 14.1. The van der Waals surface area contributed by atoms with Gasteiger partial charge in [0.1, 0.15) is 6.10 Å². The fourth-order valence-electron chi connectivity index (χ4n) is 2.58. The molecule has 2 unspecified atom stereocenters. The molecule has 6 heteroatoms. The molecule has 0 aromatic rings. The number of carbonyl (C=O) groups excluding carboxylic acids is 1. The van der Waals surface area contributed by atoms with Gasteiger partial charge in [-0.25, -0.2) is 0 Å². The lowest BCUT2D eigenvalue weighted by Gasteiger charge is -2.31. The zero-order valence-electron chi connectivity index (χ0n) is 11.5. The van der Waals surface area contributed by atoms with Crippen LogP contribution in [0.25, 0.3) is 0 Å². The number of piperidine rings is 1. The molecule has 0 aliphatic carbocycles. The van der Waals surface area contributed by atoms with Crippen LogP contribution in [0.2, 0.25) is 0 Å². The van der Waals surface area contributed by atoms with Crippen molar-refractivity contribution >= 4 is 11.9 Å². The Morgan fingerprint density at radius 2 is 1.95 bits per heavy atom. The standard InChI is InChI=1S/C13H24N4O2/c1-9-4-6-17(7-5-9)13(15)16-8-10-2-3-11(19-10)12(14)18/h9-11H,2-8H2,1H3,(H2,14,18)(H2,15,16). The van der Waals surface area contributed by atoms with Crippen molar-refractivity contribution in [1.82, 2.24) is 4.90 Å². The summed E-state index contributed by atoms with van der Waals surface area (Å²) in [6, 6.07) is 0. The van der Waals surface area contributed by atoms with E-state index in [-0.39, 0.29) is 12.0 Å². The predicted octanol–water partition coefficient (Wildman–Crippen LogP) is 0.0659. The molecule has 2 saturated heterocycles. The first-order valence-electron chi connectivity index (χ1n) is 7.06. The van der Waals surface area contributed by atoms with Crippen LogP contribution in [-0.2, 0) is 9.53 Å². The minimum Gasteiger partial charge on any atom is -0.370 e. The summed E-state index contributed by atoms with van der Waals surface area (Å²) in [4.78, 5) is 17.5. The number of amides is 1. The zero-order valence-corrected chi connectivity index (χ0v) is 11.5. The monoisotopic (exact) mass is 268 g/mol. The summed E-state index contributed by atoms with van der Waals surface area (Å²) in [5.74, 6) is 0.987. The van der Waals surface area contributed by atoms with Gasteiger partial charge in [0, 0.05) is 13.1 Å². The first-order valence-corrected chi connectivity index (χ1v) is 7.06. The van der Waals surface area contributed by atoms with E-state index in [0.29, 0.717) is 18.9 Å². The van der Waals surface area contributed by atoms with Crippen molar-refractivity contribution in [3.05, 3.63) is 0 Å². The highest BCUT2D eigenvalue weighted by Gasteiger charge is 2.29. The SMILES string of the molecule is CC1CCN(C(N)=NCC2CCC(C(N)=O)O2)CC1. The number of rotatable bonds is 3. The summed E-state index contributed by atoms with van der Waals surface area (Å²) in [6.45, 7) is 4.74. The third kappa shape index (κ3) is 3.83. The number of nitrogens with zero attached hydrogens (tertiary/aromatic N) is 2. The van der Waals surface area contributed by atoms with Gasteiger partial charge in [0.15, 0.2) is 5.96 Å². The van der Waals surface area contributed by atoms with Gasteiger partial charge in [0.25, 0.3) is 0 Å². The Bertz CT molecular complexity index is 351. The molecule has 2 rings (SSSR count). The van der Waals surface area contributed by atoms with Crippen LogP contribution in [0, 0.1) is 5.92 Å². The predicted molar refractivity (Wildman–Crippen MR) is 73.5 cm³/mol. The average Bonchev–Trinajstić information content (AvgIpc) is 2.86. The molecule has 4 N–H and O–H groups in total. The molecule has 2 atom stereocenters. The van der Waals surface area contributed by atoms with Crippen molar-refractivity contribution in [3.63, 3.8) is 0 Å². The minimum absolute atomic E-state index is 0.0280. The molecule has 1 amide bonds. The van der Waals surface area contributed by atoms with Gasteiger partial charge in [-0.3, -0.25) is 9.79 Å². The summed E-state index contributed by atoms with van der Waals surface area (Å²) in [5, 5.41) is 0. The van der Waals surface area contributed by atoms with Crippen LogP contribution in [-0.4, -0.2) is 48.6 Å². The normalized spacial score (nSPS) is 29.7. The van der Waals surface area contributed by atoms with Crippen molar-refractivity contribution in [2.75, 3.05) is 19.6 Å². The van der Waals surface area contributed by atoms with Crippen LogP contribution in [0.3, 0.4) is 0 Å². The molecule has 0 radical (unpaired) electrons. The summed E-state index contributed by atoms with van der Waals surface area (Å²) >= 11 is 0. The highest BCUT2D eigenvalue weighted by molar-refractivity contribution is 5.79. The Kier molecular flexibility index (Phi) is 4.63. The number of likely N-dealkylation sites (tertiary alicyclic amines) is 1. The van der Waals surface area contributed by atoms with Crippen molar-refractivity contribution in [1.29, 1.82) is 0 Å². The molecular weight excluding hydrogens is 244 g/mol. The molecule has 0 aromatic carbocycles. The summed E-state index contributed by atoms with van der Waals surface area (Å²) in [5.41, 5.74) is 11.2. The van der Waals surface area contributed by atoms with Crippen LogP contribution in [0.1, 0.15) is 32.6 Å². The number of guanidine groups is 1. The minimum atomic E-state index is -0.447. The summed E-state index contributed by atoms with van der Waals surface area (Å²) in [7, 11) is 0. The molecule has 0 saturated carbocycles. The lowest BCUT2D eigenvalue weighted by molar-refractivity contribution is -0.128. The number of hydrogen-bond donors (Lipinski definition) is 2. The van der Waals surface area contributed by atoms with E-state index in [2.05, 4.69) is 16.8 Å². The molecular formula is C13H24N4O2. The second-order valence-electron chi connectivity index (χ2n) is 5.59. The van der Waals surface area contributed by atoms with Crippen LogP contribution in [0.15, 0.2) is 4.99 Å². The number of nitrogens with two attached hydrogens (primary N) is 2. The molecule has 2 fully saturated rings. The van der Waals surface area contributed by atoms with Gasteiger partial charge in [0.2, 0.25) is 5.91 Å². The number of aliphatic imine (C=N–C) groups is 1. The fraction of sp³-hybridized carbons (Fsp3) is 0.846. The van der Waals surface area contributed by atoms with E-state index < -0.39 is 6.10 Å². The number of ether oxygens (including phenoxy) is 1. The van der Waals surface area contributed by atoms with E-state index in [1.165, 1.54) is 12.8 Å². The van der Waals surface area contributed by atoms with Crippen LogP contribution < -0.4 is 11.5 Å². The lowest BCUT2D eigenvalue weighted by atomic mass is 10.00. The molecule has 0 bridgehead atoms. The Balaban J connectivity index is 1.77. The van der Waals surface area contributed by atoms with Crippen molar-refractivity contribution in [3.8, 4) is 0 Å². The van der Waals surface area contributed by atoms with Crippen molar-refractivity contribution in [2.24, 2.45) is 22.4 Å². The number of carbonyl (C=O) groups is 1. The van der Waals surface area contributed by atoms with Gasteiger partial charge < -0.3 is 21.1 Å². The van der Waals surface area contributed by atoms with Gasteiger partial charge in [0.05, 0.1) is 12.6 Å². The average molecular weight is 268 g/mol. The first-order chi connectivity index (χ1) is 9.06. The van der Waals surface area contributed by atoms with E-state index in [1.54, 1.807) is 0 Å². The van der Waals surface area contributed by atoms with E-state index in [1.807, 2.05) is 0 Å². The second-order valence-corrected chi connectivity index (χ2v) is 5.59. The Morgan fingerprint density at radius 3 is 2.53 bits per heavy atom. The Morgan fingerprint density at radius 1 is 1.26 bits per heavy atom. The Hall–Kier alpha value is -1.30. The molecule has 19 heavy (non-hydrogen) atoms. The molecule has 2 aliphatic rings.